The molecule has 1 aromatic carbocycles. The summed E-state index contributed by atoms with van der Waals surface area (Å²) in [5, 5.41) is 11.7. The molecule has 0 radical (unpaired) electrons. The summed E-state index contributed by atoms with van der Waals surface area (Å²) < 4.78 is 5.37. The van der Waals surface area contributed by atoms with Gasteiger partial charge in [0, 0.05) is 6.54 Å². The van der Waals surface area contributed by atoms with Crippen molar-refractivity contribution in [2.45, 2.75) is 13.5 Å². The number of benzene rings is 1. The molecule has 0 aliphatic heterocycles. The lowest BCUT2D eigenvalue weighted by molar-refractivity contribution is 0.340. The highest BCUT2D eigenvalue weighted by atomic mass is 32.1. The molecule has 0 unspecified atom stereocenters. The van der Waals surface area contributed by atoms with Gasteiger partial charge in [-0.15, -0.1) is 10.2 Å². The molecule has 1 aromatic heterocycles. The molecule has 0 amide bonds. The minimum Gasteiger partial charge on any atom is -0.494 e. The third kappa shape index (κ3) is 2.93. The van der Waals surface area contributed by atoms with Gasteiger partial charge < -0.3 is 10.1 Å². The largest absolute Gasteiger partial charge is 0.494 e. The van der Waals surface area contributed by atoms with Crippen LogP contribution in [0.15, 0.2) is 29.8 Å². The van der Waals surface area contributed by atoms with E-state index in [9.17, 15) is 0 Å². The van der Waals surface area contributed by atoms with Crippen LogP contribution in [-0.4, -0.2) is 16.8 Å². The van der Waals surface area contributed by atoms with E-state index >= 15 is 0 Å². The summed E-state index contributed by atoms with van der Waals surface area (Å²) >= 11 is 1.50. The van der Waals surface area contributed by atoms with Gasteiger partial charge in [0.05, 0.1) is 6.61 Å². The van der Waals surface area contributed by atoms with Gasteiger partial charge in [-0.25, -0.2) is 0 Å². The van der Waals surface area contributed by atoms with E-state index in [1.807, 2.05) is 31.2 Å². The zero-order chi connectivity index (χ0) is 11.2. The molecule has 0 saturated carbocycles. The number of nitrogens with zero attached hydrogens (tertiary/aromatic N) is 2. The van der Waals surface area contributed by atoms with Gasteiger partial charge in [-0.2, -0.15) is 0 Å². The summed E-state index contributed by atoms with van der Waals surface area (Å²) in [7, 11) is 0. The highest BCUT2D eigenvalue weighted by Crippen LogP contribution is 2.14. The lowest BCUT2D eigenvalue weighted by Gasteiger charge is -2.05. The Bertz CT molecular complexity index is 413. The van der Waals surface area contributed by atoms with E-state index in [0.29, 0.717) is 6.61 Å². The normalized spacial score (nSPS) is 10.1. The Morgan fingerprint density at radius 3 is 2.75 bits per heavy atom. The smallest absolute Gasteiger partial charge is 0.205 e. The molecular weight excluding hydrogens is 222 g/mol. The van der Waals surface area contributed by atoms with Crippen molar-refractivity contribution in [3.05, 3.63) is 35.3 Å². The minimum atomic E-state index is 0.697. The Morgan fingerprint density at radius 1 is 1.31 bits per heavy atom. The Hall–Kier alpha value is -1.62. The first-order chi connectivity index (χ1) is 7.88. The molecule has 1 N–H and O–H groups in total. The summed E-state index contributed by atoms with van der Waals surface area (Å²) in [6.07, 6.45) is 0. The highest BCUT2D eigenvalue weighted by Gasteiger charge is 1.97. The highest BCUT2D eigenvalue weighted by molar-refractivity contribution is 7.13. The number of aromatic nitrogens is 2. The Kier molecular flexibility index (Phi) is 3.71. The predicted molar refractivity (Wildman–Crippen MR) is 64.8 cm³/mol. The monoisotopic (exact) mass is 235 g/mol. The second-order valence-corrected chi connectivity index (χ2v) is 4.01. The first kappa shape index (κ1) is 10.9. The van der Waals surface area contributed by atoms with Crippen molar-refractivity contribution in [2.75, 3.05) is 11.9 Å². The first-order valence-electron chi connectivity index (χ1n) is 5.10. The number of hydrogen-bond donors (Lipinski definition) is 1. The summed E-state index contributed by atoms with van der Waals surface area (Å²) in [6.45, 7) is 3.43. The van der Waals surface area contributed by atoms with Gasteiger partial charge >= 0.3 is 0 Å². The number of nitrogens with one attached hydrogen (secondary N) is 1. The van der Waals surface area contributed by atoms with Crippen molar-refractivity contribution in [1.29, 1.82) is 0 Å². The van der Waals surface area contributed by atoms with Crippen LogP contribution in [-0.2, 0) is 6.54 Å². The van der Waals surface area contributed by atoms with E-state index in [4.69, 9.17) is 4.74 Å². The van der Waals surface area contributed by atoms with E-state index in [0.717, 1.165) is 17.4 Å². The molecule has 5 heteroatoms. The van der Waals surface area contributed by atoms with Crippen molar-refractivity contribution in [3.63, 3.8) is 0 Å². The summed E-state index contributed by atoms with van der Waals surface area (Å²) in [6, 6.07) is 8.03. The SMILES string of the molecule is CCOc1ccc(CNc2nncs2)cc1. The van der Waals surface area contributed by atoms with Crippen molar-refractivity contribution in [2.24, 2.45) is 0 Å². The molecule has 0 fully saturated rings. The van der Waals surface area contributed by atoms with Gasteiger partial charge in [-0.3, -0.25) is 0 Å². The molecule has 0 aliphatic carbocycles. The quantitative estimate of drug-likeness (QED) is 0.865. The number of anilines is 1. The Morgan fingerprint density at radius 2 is 2.12 bits per heavy atom. The standard InChI is InChI=1S/C11H13N3OS/c1-2-15-10-5-3-9(4-6-10)7-12-11-14-13-8-16-11/h3-6,8H,2,7H2,1H3,(H,12,14). The molecule has 84 valence electrons. The maximum atomic E-state index is 5.37. The second kappa shape index (κ2) is 5.46. The average molecular weight is 235 g/mol. The Labute approximate surface area is 98.3 Å². The van der Waals surface area contributed by atoms with Crippen molar-refractivity contribution >= 4 is 16.5 Å². The van der Waals surface area contributed by atoms with Crippen LogP contribution >= 0.6 is 11.3 Å². The molecule has 0 saturated heterocycles. The summed E-state index contributed by atoms with van der Waals surface area (Å²) in [4.78, 5) is 0. The van der Waals surface area contributed by atoms with Crippen LogP contribution in [0.5, 0.6) is 5.75 Å². The van der Waals surface area contributed by atoms with Crippen LogP contribution in [0.4, 0.5) is 5.13 Å². The van der Waals surface area contributed by atoms with Gasteiger partial charge in [-0.1, -0.05) is 23.5 Å². The number of hydrogen-bond acceptors (Lipinski definition) is 5. The topological polar surface area (TPSA) is 47.0 Å². The molecule has 2 rings (SSSR count). The third-order valence-corrected chi connectivity index (χ3v) is 2.69. The number of ether oxygens (including phenoxy) is 1. The van der Waals surface area contributed by atoms with Gasteiger partial charge in [-0.05, 0) is 24.6 Å². The molecule has 1 heterocycles. The summed E-state index contributed by atoms with van der Waals surface area (Å²) in [5.74, 6) is 0.905. The summed E-state index contributed by atoms with van der Waals surface area (Å²) in [5.41, 5.74) is 2.90. The zero-order valence-electron chi connectivity index (χ0n) is 9.01. The molecule has 4 nitrogen and oxygen atoms in total. The fraction of sp³-hybridized carbons (Fsp3) is 0.273. The van der Waals surface area contributed by atoms with Gasteiger partial charge in [0.25, 0.3) is 0 Å². The molecule has 2 aromatic rings. The van der Waals surface area contributed by atoms with Crippen molar-refractivity contribution < 1.29 is 4.74 Å². The van der Waals surface area contributed by atoms with E-state index < -0.39 is 0 Å². The molecule has 0 atom stereocenters. The van der Waals surface area contributed by atoms with E-state index in [2.05, 4.69) is 15.5 Å². The minimum absolute atomic E-state index is 0.697. The molecule has 0 spiro atoms. The first-order valence-corrected chi connectivity index (χ1v) is 5.98. The average Bonchev–Trinajstić information content (AvgIpc) is 2.82. The van der Waals surface area contributed by atoms with Crippen LogP contribution in [0, 0.1) is 0 Å². The van der Waals surface area contributed by atoms with Gasteiger partial charge in [0.2, 0.25) is 5.13 Å². The molecule has 16 heavy (non-hydrogen) atoms. The van der Waals surface area contributed by atoms with E-state index in [1.54, 1.807) is 5.51 Å². The van der Waals surface area contributed by atoms with Crippen LogP contribution in [0.1, 0.15) is 12.5 Å². The Balaban J connectivity index is 1.90. The van der Waals surface area contributed by atoms with Crippen molar-refractivity contribution in [3.8, 4) is 5.75 Å². The third-order valence-electron chi connectivity index (χ3n) is 2.04. The molecular formula is C11H13N3OS. The molecule has 0 aliphatic rings. The lowest BCUT2D eigenvalue weighted by Crippen LogP contribution is -1.99. The van der Waals surface area contributed by atoms with Crippen LogP contribution in [0.3, 0.4) is 0 Å². The van der Waals surface area contributed by atoms with Gasteiger partial charge in [0.15, 0.2) is 0 Å². The van der Waals surface area contributed by atoms with E-state index in [-0.39, 0.29) is 0 Å². The van der Waals surface area contributed by atoms with Crippen LogP contribution in [0.2, 0.25) is 0 Å². The predicted octanol–water partition coefficient (Wildman–Crippen LogP) is 2.55. The fourth-order valence-electron chi connectivity index (χ4n) is 1.30. The fourth-order valence-corrected chi connectivity index (χ4v) is 1.74. The lowest BCUT2D eigenvalue weighted by atomic mass is 10.2. The second-order valence-electron chi connectivity index (χ2n) is 3.17. The number of rotatable bonds is 5. The van der Waals surface area contributed by atoms with Crippen molar-refractivity contribution in [1.82, 2.24) is 10.2 Å². The zero-order valence-corrected chi connectivity index (χ0v) is 9.83. The van der Waals surface area contributed by atoms with E-state index in [1.165, 1.54) is 16.9 Å². The van der Waals surface area contributed by atoms with Crippen LogP contribution < -0.4 is 10.1 Å². The van der Waals surface area contributed by atoms with Crippen LogP contribution in [0.25, 0.3) is 0 Å². The maximum absolute atomic E-state index is 5.37. The maximum Gasteiger partial charge on any atom is 0.205 e. The molecule has 0 bridgehead atoms. The van der Waals surface area contributed by atoms with Gasteiger partial charge in [0.1, 0.15) is 11.3 Å².